The average Bonchev–Trinajstić information content (AvgIpc) is 3.09. The van der Waals surface area contributed by atoms with Crippen molar-refractivity contribution < 1.29 is 4.79 Å². The van der Waals surface area contributed by atoms with E-state index in [1.165, 1.54) is 11.8 Å². The van der Waals surface area contributed by atoms with E-state index < -0.39 is 5.25 Å². The van der Waals surface area contributed by atoms with Gasteiger partial charge in [-0.2, -0.15) is 0 Å². The van der Waals surface area contributed by atoms with Crippen LogP contribution in [0, 0.1) is 0 Å². The van der Waals surface area contributed by atoms with Crippen LogP contribution >= 0.6 is 23.4 Å². The molecule has 3 rings (SSSR count). The van der Waals surface area contributed by atoms with Crippen LogP contribution in [0.1, 0.15) is 12.7 Å². The fourth-order valence-electron chi connectivity index (χ4n) is 2.41. The Labute approximate surface area is 166 Å². The molecule has 140 valence electrons. The zero-order chi connectivity index (χ0) is 19.2. The lowest BCUT2D eigenvalue weighted by Gasteiger charge is -2.13. The fourth-order valence-corrected chi connectivity index (χ4v) is 3.43. The number of nitrogens with two attached hydrogens (primary N) is 1. The normalized spacial score (nSPS) is 11.8. The highest BCUT2D eigenvalue weighted by Crippen LogP contribution is 2.26. The number of carbonyl (C=O) groups is 1. The zero-order valence-corrected chi connectivity index (χ0v) is 16.2. The number of hydrogen-bond donors (Lipinski definition) is 3. The Kier molecular flexibility index (Phi) is 6.33. The number of carbonyl (C=O) groups excluding carboxylic acids is 1. The van der Waals surface area contributed by atoms with E-state index in [0.717, 1.165) is 17.2 Å². The summed E-state index contributed by atoms with van der Waals surface area (Å²) >= 11 is 7.22. The van der Waals surface area contributed by atoms with Crippen LogP contribution in [0.3, 0.4) is 0 Å². The molecule has 0 aliphatic heterocycles. The smallest absolute Gasteiger partial charge is 0.247 e. The molecule has 2 aromatic carbocycles. The quantitative estimate of drug-likeness (QED) is 0.243. The van der Waals surface area contributed by atoms with Gasteiger partial charge in [0.1, 0.15) is 0 Å². The minimum atomic E-state index is -0.404. The summed E-state index contributed by atoms with van der Waals surface area (Å²) < 4.78 is 1.92. The minimum absolute atomic E-state index is 0.275. The van der Waals surface area contributed by atoms with Crippen LogP contribution in [-0.4, -0.2) is 25.9 Å². The number of aromatic nitrogens is 3. The Morgan fingerprint density at radius 1 is 1.19 bits per heavy atom. The number of nitrogens with zero attached hydrogens (tertiary/aromatic N) is 3. The summed E-state index contributed by atoms with van der Waals surface area (Å²) in [6, 6.07) is 17.2. The van der Waals surface area contributed by atoms with E-state index in [1.54, 1.807) is 6.92 Å². The molecular weight excluding hydrogens is 384 g/mol. The van der Waals surface area contributed by atoms with Crippen LogP contribution in [0.5, 0.6) is 0 Å². The molecule has 1 heterocycles. The highest BCUT2D eigenvalue weighted by molar-refractivity contribution is 8.00. The van der Waals surface area contributed by atoms with Gasteiger partial charge in [0.15, 0.2) is 11.0 Å². The third-order valence-electron chi connectivity index (χ3n) is 3.80. The molecule has 0 bridgehead atoms. The lowest BCUT2D eigenvalue weighted by molar-refractivity contribution is -0.120. The van der Waals surface area contributed by atoms with Gasteiger partial charge in [-0.25, -0.2) is 5.84 Å². The van der Waals surface area contributed by atoms with Gasteiger partial charge in [0, 0.05) is 16.4 Å². The molecular formula is C18H19ClN6OS. The van der Waals surface area contributed by atoms with Gasteiger partial charge < -0.3 is 5.32 Å². The van der Waals surface area contributed by atoms with Crippen molar-refractivity contribution in [2.24, 2.45) is 5.84 Å². The molecule has 1 aromatic heterocycles. The average molecular weight is 403 g/mol. The van der Waals surface area contributed by atoms with Gasteiger partial charge in [0.05, 0.1) is 11.8 Å². The van der Waals surface area contributed by atoms with E-state index in [4.69, 9.17) is 17.4 Å². The second-order valence-corrected chi connectivity index (χ2v) is 7.44. The molecule has 0 aliphatic rings. The second-order valence-electron chi connectivity index (χ2n) is 5.70. The number of amides is 1. The summed E-state index contributed by atoms with van der Waals surface area (Å²) in [7, 11) is 0. The maximum absolute atomic E-state index is 11.8. The predicted octanol–water partition coefficient (Wildman–Crippen LogP) is 3.00. The second kappa shape index (κ2) is 8.90. The Balaban J connectivity index is 1.87. The van der Waals surface area contributed by atoms with Crippen molar-refractivity contribution in [1.29, 1.82) is 0 Å². The van der Waals surface area contributed by atoms with Crippen LogP contribution in [-0.2, 0) is 11.3 Å². The number of benzene rings is 2. The highest BCUT2D eigenvalue weighted by atomic mass is 35.5. The van der Waals surface area contributed by atoms with Gasteiger partial charge in [0.25, 0.3) is 0 Å². The Bertz CT molecular complexity index is 900. The van der Waals surface area contributed by atoms with Gasteiger partial charge >= 0.3 is 0 Å². The van der Waals surface area contributed by atoms with E-state index in [1.807, 2.05) is 59.2 Å². The van der Waals surface area contributed by atoms with Crippen molar-refractivity contribution in [2.75, 3.05) is 5.32 Å². The maximum atomic E-state index is 11.8. The summed E-state index contributed by atoms with van der Waals surface area (Å²) in [5, 5.41) is 12.8. The molecule has 1 amide bonds. The summed E-state index contributed by atoms with van der Waals surface area (Å²) in [6.07, 6.45) is 0. The van der Waals surface area contributed by atoms with Crippen LogP contribution in [0.2, 0.25) is 5.02 Å². The van der Waals surface area contributed by atoms with Gasteiger partial charge in [0.2, 0.25) is 5.91 Å². The maximum Gasteiger partial charge on any atom is 0.247 e. The third-order valence-corrected chi connectivity index (χ3v) is 5.10. The van der Waals surface area contributed by atoms with E-state index in [9.17, 15) is 4.79 Å². The molecule has 4 N–H and O–H groups in total. The lowest BCUT2D eigenvalue weighted by atomic mass is 10.3. The Morgan fingerprint density at radius 3 is 2.56 bits per heavy atom. The Morgan fingerprint density at radius 2 is 1.89 bits per heavy atom. The number of halogens is 1. The number of hydrazine groups is 1. The molecule has 0 saturated heterocycles. The van der Waals surface area contributed by atoms with Crippen molar-refractivity contribution in [3.63, 3.8) is 0 Å². The molecule has 27 heavy (non-hydrogen) atoms. The van der Waals surface area contributed by atoms with Crippen molar-refractivity contribution in [2.45, 2.75) is 23.9 Å². The van der Waals surface area contributed by atoms with E-state index in [2.05, 4.69) is 20.9 Å². The first-order valence-electron chi connectivity index (χ1n) is 8.24. The van der Waals surface area contributed by atoms with E-state index >= 15 is 0 Å². The van der Waals surface area contributed by atoms with Crippen LogP contribution in [0.4, 0.5) is 5.69 Å². The van der Waals surface area contributed by atoms with E-state index in [-0.39, 0.29) is 5.91 Å². The number of thioether (sulfide) groups is 1. The molecule has 7 nitrogen and oxygen atoms in total. The van der Waals surface area contributed by atoms with Crippen molar-refractivity contribution in [1.82, 2.24) is 20.2 Å². The zero-order valence-electron chi connectivity index (χ0n) is 14.6. The number of anilines is 1. The molecule has 0 fully saturated rings. The predicted molar refractivity (Wildman–Crippen MR) is 108 cm³/mol. The molecule has 0 radical (unpaired) electrons. The number of hydrogen-bond acceptors (Lipinski definition) is 6. The standard InChI is InChI=1S/C18H19ClN6OS/c1-12(17(26)22-20)27-18-24-23-16(25(18)15-5-3-2-4-6-15)11-21-14-9-7-13(19)8-10-14/h2-10,12,21H,11,20H2,1H3,(H,22,26)/t12-/m0/s1. The summed E-state index contributed by atoms with van der Waals surface area (Å²) in [6.45, 7) is 2.23. The van der Waals surface area contributed by atoms with Gasteiger partial charge in [-0.3, -0.25) is 14.8 Å². The SMILES string of the molecule is C[C@H](Sc1nnc(CNc2ccc(Cl)cc2)n1-c1ccccc1)C(=O)NN. The van der Waals surface area contributed by atoms with Crippen molar-refractivity contribution >= 4 is 35.0 Å². The summed E-state index contributed by atoms with van der Waals surface area (Å²) in [5.74, 6) is 5.68. The topological polar surface area (TPSA) is 97.9 Å². The number of nitrogens with one attached hydrogen (secondary N) is 2. The van der Waals surface area contributed by atoms with Crippen molar-refractivity contribution in [3.8, 4) is 5.69 Å². The van der Waals surface area contributed by atoms with Crippen molar-refractivity contribution in [3.05, 3.63) is 65.4 Å². The first-order chi connectivity index (χ1) is 13.1. The molecule has 0 unspecified atom stereocenters. The van der Waals surface area contributed by atoms with Crippen LogP contribution < -0.4 is 16.6 Å². The highest BCUT2D eigenvalue weighted by Gasteiger charge is 2.20. The number of rotatable bonds is 7. The fraction of sp³-hybridized carbons (Fsp3) is 0.167. The molecule has 1 atom stereocenters. The summed E-state index contributed by atoms with van der Waals surface area (Å²) in [4.78, 5) is 11.8. The van der Waals surface area contributed by atoms with Gasteiger partial charge in [-0.1, -0.05) is 41.6 Å². The first-order valence-corrected chi connectivity index (χ1v) is 9.50. The van der Waals surface area contributed by atoms with Gasteiger partial charge in [-0.15, -0.1) is 10.2 Å². The summed E-state index contributed by atoms with van der Waals surface area (Å²) in [5.41, 5.74) is 4.00. The molecule has 0 aliphatic carbocycles. The lowest BCUT2D eigenvalue weighted by Crippen LogP contribution is -2.36. The minimum Gasteiger partial charge on any atom is -0.378 e. The third kappa shape index (κ3) is 4.79. The monoisotopic (exact) mass is 402 g/mol. The largest absolute Gasteiger partial charge is 0.378 e. The van der Waals surface area contributed by atoms with Gasteiger partial charge in [-0.05, 0) is 43.3 Å². The Hall–Kier alpha value is -2.55. The molecule has 3 aromatic rings. The molecule has 0 spiro atoms. The van der Waals surface area contributed by atoms with E-state index in [0.29, 0.717) is 16.7 Å². The first kappa shape index (κ1) is 19.2. The van der Waals surface area contributed by atoms with Crippen LogP contribution in [0.15, 0.2) is 59.8 Å². The molecule has 9 heteroatoms. The molecule has 0 saturated carbocycles. The number of para-hydroxylation sites is 1. The van der Waals surface area contributed by atoms with Crippen LogP contribution in [0.25, 0.3) is 5.69 Å².